The van der Waals surface area contributed by atoms with Crippen molar-refractivity contribution in [3.05, 3.63) is 75.3 Å². The maximum atomic E-state index is 14.0. The van der Waals surface area contributed by atoms with Gasteiger partial charge in [0, 0.05) is 17.9 Å². The molecular weight excluding hydrogens is 484 g/mol. The zero-order chi connectivity index (χ0) is 27.7. The monoisotopic (exact) mass is 516 g/mol. The van der Waals surface area contributed by atoms with Gasteiger partial charge in [0.1, 0.15) is 22.8 Å². The fraction of sp³-hybridized carbons (Fsp3) is 0.387. The SMILES string of the molecule is CCc1cc(-c2ccc(C(C)C)cc2)c2c(c1O)C(=O)C1=C(O)[C@@]3(O)C(=O)C(C(C)=O)=C(O)C[C@H]3C[C@H]1C2. The van der Waals surface area contributed by atoms with Gasteiger partial charge >= 0.3 is 0 Å². The number of aliphatic hydroxyl groups excluding tert-OH is 2. The van der Waals surface area contributed by atoms with E-state index in [1.807, 2.05) is 37.3 Å². The summed E-state index contributed by atoms with van der Waals surface area (Å²) < 4.78 is 0. The molecule has 2 aromatic carbocycles. The van der Waals surface area contributed by atoms with Crippen molar-refractivity contribution in [3.63, 3.8) is 0 Å². The Morgan fingerprint density at radius 1 is 1.08 bits per heavy atom. The zero-order valence-corrected chi connectivity index (χ0v) is 22.0. The minimum atomic E-state index is -2.49. The van der Waals surface area contributed by atoms with E-state index in [-0.39, 0.29) is 29.7 Å². The molecule has 3 atom stereocenters. The first-order valence-electron chi connectivity index (χ1n) is 13.1. The number of phenols is 1. The second-order valence-corrected chi connectivity index (χ2v) is 11.0. The number of aromatic hydroxyl groups is 1. The van der Waals surface area contributed by atoms with Crippen LogP contribution >= 0.6 is 0 Å². The number of fused-ring (bicyclic) bond motifs is 3. The van der Waals surface area contributed by atoms with Crippen molar-refractivity contribution in [2.75, 3.05) is 0 Å². The maximum absolute atomic E-state index is 14.0. The van der Waals surface area contributed by atoms with Gasteiger partial charge in [0.15, 0.2) is 17.2 Å². The number of phenolic OH excluding ortho intramolecular Hbond substituents is 1. The number of hydrogen-bond acceptors (Lipinski definition) is 7. The third kappa shape index (κ3) is 3.56. The van der Waals surface area contributed by atoms with E-state index in [4.69, 9.17) is 0 Å². The maximum Gasteiger partial charge on any atom is 0.209 e. The van der Waals surface area contributed by atoms with Crippen LogP contribution < -0.4 is 0 Å². The number of carbonyl (C=O) groups excluding carboxylic acids is 3. The molecule has 0 aliphatic heterocycles. The van der Waals surface area contributed by atoms with E-state index in [2.05, 4.69) is 13.8 Å². The first-order valence-corrected chi connectivity index (χ1v) is 13.1. The Kier molecular flexibility index (Phi) is 6.10. The predicted octanol–water partition coefficient (Wildman–Crippen LogP) is 5.04. The van der Waals surface area contributed by atoms with E-state index in [0.717, 1.165) is 18.1 Å². The summed E-state index contributed by atoms with van der Waals surface area (Å²) in [6, 6.07) is 9.99. The van der Waals surface area contributed by atoms with Crippen molar-refractivity contribution < 1.29 is 34.8 Å². The number of carbonyl (C=O) groups is 3. The number of aliphatic hydroxyl groups is 3. The van der Waals surface area contributed by atoms with Crippen molar-refractivity contribution in [3.8, 4) is 16.9 Å². The lowest BCUT2D eigenvalue weighted by atomic mass is 9.59. The molecule has 198 valence electrons. The average molecular weight is 517 g/mol. The molecule has 0 radical (unpaired) electrons. The summed E-state index contributed by atoms with van der Waals surface area (Å²) in [6.45, 7) is 7.19. The Hall–Kier alpha value is -3.71. The number of rotatable bonds is 4. The molecule has 0 saturated carbocycles. The highest BCUT2D eigenvalue weighted by Crippen LogP contribution is 2.53. The Balaban J connectivity index is 1.70. The van der Waals surface area contributed by atoms with Crippen LogP contribution in [0.5, 0.6) is 5.75 Å². The second-order valence-electron chi connectivity index (χ2n) is 11.0. The molecule has 7 nitrogen and oxygen atoms in total. The van der Waals surface area contributed by atoms with Crippen molar-refractivity contribution in [1.82, 2.24) is 0 Å². The summed E-state index contributed by atoms with van der Waals surface area (Å²) in [5.74, 6) is -4.91. The van der Waals surface area contributed by atoms with E-state index in [0.29, 0.717) is 29.9 Å². The Labute approximate surface area is 221 Å². The number of aryl methyl sites for hydroxylation is 1. The fourth-order valence-corrected chi connectivity index (χ4v) is 6.43. The fourth-order valence-electron chi connectivity index (χ4n) is 6.43. The number of ketones is 3. The van der Waals surface area contributed by atoms with Gasteiger partial charge in [0.25, 0.3) is 0 Å². The van der Waals surface area contributed by atoms with Gasteiger partial charge < -0.3 is 20.4 Å². The van der Waals surface area contributed by atoms with Gasteiger partial charge in [-0.3, -0.25) is 14.4 Å². The van der Waals surface area contributed by atoms with Gasteiger partial charge in [-0.25, -0.2) is 0 Å². The zero-order valence-electron chi connectivity index (χ0n) is 22.0. The normalized spacial score (nSPS) is 24.9. The third-order valence-electron chi connectivity index (χ3n) is 8.52. The molecular formula is C31H32O7. The first kappa shape index (κ1) is 25.9. The molecule has 7 heteroatoms. The summed E-state index contributed by atoms with van der Waals surface area (Å²) in [5.41, 5.74) is 1.04. The van der Waals surface area contributed by atoms with Crippen molar-refractivity contribution in [1.29, 1.82) is 0 Å². The van der Waals surface area contributed by atoms with Crippen LogP contribution in [0.2, 0.25) is 0 Å². The van der Waals surface area contributed by atoms with Gasteiger partial charge in [-0.2, -0.15) is 0 Å². The summed E-state index contributed by atoms with van der Waals surface area (Å²) in [5, 5.41) is 44.3. The summed E-state index contributed by atoms with van der Waals surface area (Å²) in [6.07, 6.45) is 0.734. The number of benzene rings is 2. The molecule has 0 bridgehead atoms. The molecule has 4 N–H and O–H groups in total. The highest BCUT2D eigenvalue weighted by Gasteiger charge is 2.59. The highest BCUT2D eigenvalue weighted by atomic mass is 16.3. The molecule has 0 spiro atoms. The van der Waals surface area contributed by atoms with E-state index in [1.165, 1.54) is 5.56 Å². The van der Waals surface area contributed by atoms with Crippen LogP contribution in [0.1, 0.15) is 73.5 Å². The molecule has 0 heterocycles. The molecule has 0 aromatic heterocycles. The first-order chi connectivity index (χ1) is 17.9. The molecule has 0 unspecified atom stereocenters. The van der Waals surface area contributed by atoms with Crippen molar-refractivity contribution in [2.24, 2.45) is 11.8 Å². The van der Waals surface area contributed by atoms with Crippen molar-refractivity contribution >= 4 is 17.3 Å². The van der Waals surface area contributed by atoms with E-state index < -0.39 is 51.9 Å². The van der Waals surface area contributed by atoms with Gasteiger partial charge in [-0.15, -0.1) is 0 Å². The summed E-state index contributed by atoms with van der Waals surface area (Å²) >= 11 is 0. The van der Waals surface area contributed by atoms with Crippen LogP contribution in [-0.2, 0) is 22.4 Å². The number of Topliss-reactive ketones (excluding diaryl/α,β-unsaturated/α-hetero) is 3. The summed E-state index contributed by atoms with van der Waals surface area (Å²) in [7, 11) is 0. The van der Waals surface area contributed by atoms with Gasteiger partial charge in [0.05, 0.1) is 5.56 Å². The van der Waals surface area contributed by atoms with Gasteiger partial charge in [0.2, 0.25) is 5.78 Å². The Bertz CT molecular complexity index is 1460. The third-order valence-corrected chi connectivity index (χ3v) is 8.52. The van der Waals surface area contributed by atoms with Gasteiger partial charge in [-0.05, 0) is 71.9 Å². The Morgan fingerprint density at radius 3 is 2.32 bits per heavy atom. The average Bonchev–Trinajstić information content (AvgIpc) is 2.86. The number of hydrogen-bond donors (Lipinski definition) is 4. The minimum absolute atomic E-state index is 0.0700. The molecule has 38 heavy (non-hydrogen) atoms. The topological polar surface area (TPSA) is 132 Å². The van der Waals surface area contributed by atoms with E-state index in [9.17, 15) is 34.8 Å². The smallest absolute Gasteiger partial charge is 0.209 e. The van der Waals surface area contributed by atoms with E-state index >= 15 is 0 Å². The predicted molar refractivity (Wildman–Crippen MR) is 141 cm³/mol. The summed E-state index contributed by atoms with van der Waals surface area (Å²) in [4.78, 5) is 39.2. The van der Waals surface area contributed by atoms with Crippen LogP contribution in [0.15, 0.2) is 53.0 Å². The molecule has 0 amide bonds. The minimum Gasteiger partial charge on any atom is -0.511 e. The van der Waals surface area contributed by atoms with E-state index in [1.54, 1.807) is 0 Å². The van der Waals surface area contributed by atoms with Crippen LogP contribution in [0.25, 0.3) is 11.1 Å². The molecule has 0 saturated heterocycles. The van der Waals surface area contributed by atoms with Crippen LogP contribution in [0.3, 0.4) is 0 Å². The standard InChI is InChI=1S/C31H32O7/c1-5-16-11-21(18-8-6-17(7-9-18)14(2)3)22-12-19-10-20-13-23(33)24(15(4)32)29(36)31(20,38)30(37)25(19)28(35)26(22)27(16)34/h6-9,11,14,19-20,33-34,37-38H,5,10,12-13H2,1-4H3/t19-,20+,31-/m0/s1. The molecule has 2 aromatic rings. The van der Waals surface area contributed by atoms with Crippen LogP contribution in [0, 0.1) is 11.8 Å². The molecule has 0 fully saturated rings. The molecule has 3 aliphatic rings. The molecule has 3 aliphatic carbocycles. The van der Waals surface area contributed by atoms with Crippen molar-refractivity contribution in [2.45, 2.75) is 64.9 Å². The largest absolute Gasteiger partial charge is 0.511 e. The van der Waals surface area contributed by atoms with Gasteiger partial charge in [-0.1, -0.05) is 45.0 Å². The van der Waals surface area contributed by atoms with Crippen LogP contribution in [-0.4, -0.2) is 43.4 Å². The molecule has 5 rings (SSSR count). The highest BCUT2D eigenvalue weighted by molar-refractivity contribution is 6.25. The number of allylic oxidation sites excluding steroid dienone is 2. The Morgan fingerprint density at radius 2 is 1.74 bits per heavy atom. The lowest BCUT2D eigenvalue weighted by Gasteiger charge is -2.46. The second kappa shape index (κ2) is 8.95. The lowest BCUT2D eigenvalue weighted by molar-refractivity contribution is -0.144. The van der Waals surface area contributed by atoms with Crippen LogP contribution in [0.4, 0.5) is 0 Å². The quantitative estimate of drug-likeness (QED) is 0.419. The lowest BCUT2D eigenvalue weighted by Crippen LogP contribution is -2.56.